The molecule has 7 nitrogen and oxygen atoms in total. The average Bonchev–Trinajstić information content (AvgIpc) is 3.07. The topological polar surface area (TPSA) is 98.2 Å². The summed E-state index contributed by atoms with van der Waals surface area (Å²) in [5.41, 5.74) is 5.39. The van der Waals surface area contributed by atoms with Gasteiger partial charge in [0.1, 0.15) is 0 Å². The van der Waals surface area contributed by atoms with Gasteiger partial charge in [-0.3, -0.25) is 4.79 Å². The maximum Gasteiger partial charge on any atom is 0.264 e. The molecule has 0 saturated heterocycles. The van der Waals surface area contributed by atoms with E-state index in [1.165, 1.54) is 16.4 Å². The molecular weight excluding hydrogens is 440 g/mol. The van der Waals surface area contributed by atoms with Crippen LogP contribution in [-0.4, -0.2) is 32.1 Å². The first-order chi connectivity index (χ1) is 13.6. The fourth-order valence-corrected chi connectivity index (χ4v) is 3.41. The van der Waals surface area contributed by atoms with E-state index in [0.29, 0.717) is 16.7 Å². The summed E-state index contributed by atoms with van der Waals surface area (Å²) in [4.78, 5) is 12.3. The number of ketones is 1. The van der Waals surface area contributed by atoms with Gasteiger partial charge in [-0.1, -0.05) is 77.1 Å². The minimum atomic E-state index is -0.00891. The quantitative estimate of drug-likeness (QED) is 0.174. The highest BCUT2D eigenvalue weighted by molar-refractivity contribution is 9.10. The SMILES string of the molecule is CC/C(=N/Nc1nnc(SCC(=O)c2ccc(Br)cc2)n1N)c1ccccc1. The van der Waals surface area contributed by atoms with Crippen molar-refractivity contribution in [2.24, 2.45) is 5.10 Å². The Morgan fingerprint density at radius 3 is 2.54 bits per heavy atom. The molecule has 0 saturated carbocycles. The van der Waals surface area contributed by atoms with Gasteiger partial charge >= 0.3 is 0 Å². The lowest BCUT2D eigenvalue weighted by Crippen LogP contribution is -2.15. The monoisotopic (exact) mass is 458 g/mol. The van der Waals surface area contributed by atoms with Gasteiger partial charge in [-0.15, -0.1) is 10.2 Å². The molecule has 0 radical (unpaired) electrons. The molecule has 0 atom stereocenters. The van der Waals surface area contributed by atoms with Crippen LogP contribution in [0.1, 0.15) is 29.3 Å². The summed E-state index contributed by atoms with van der Waals surface area (Å²) >= 11 is 4.58. The first-order valence-electron chi connectivity index (χ1n) is 8.58. The van der Waals surface area contributed by atoms with Gasteiger partial charge in [0.15, 0.2) is 5.78 Å². The van der Waals surface area contributed by atoms with Crippen LogP contribution in [0.2, 0.25) is 0 Å². The normalized spacial score (nSPS) is 11.4. The van der Waals surface area contributed by atoms with Gasteiger partial charge in [0.25, 0.3) is 5.95 Å². The van der Waals surface area contributed by atoms with Crippen molar-refractivity contribution < 1.29 is 4.79 Å². The van der Waals surface area contributed by atoms with E-state index in [0.717, 1.165) is 22.2 Å². The summed E-state index contributed by atoms with van der Waals surface area (Å²) in [5.74, 6) is 6.55. The van der Waals surface area contributed by atoms with Gasteiger partial charge in [0, 0.05) is 10.0 Å². The van der Waals surface area contributed by atoms with Crippen molar-refractivity contribution in [3.8, 4) is 0 Å². The molecule has 0 amide bonds. The molecular formula is C19H19BrN6OS. The second-order valence-electron chi connectivity index (χ2n) is 5.78. The number of carbonyl (C=O) groups excluding carboxylic acids is 1. The molecule has 3 rings (SSSR count). The number of thioether (sulfide) groups is 1. The van der Waals surface area contributed by atoms with Crippen molar-refractivity contribution in [1.82, 2.24) is 14.9 Å². The summed E-state index contributed by atoms with van der Waals surface area (Å²) in [6.07, 6.45) is 0.749. The summed E-state index contributed by atoms with van der Waals surface area (Å²) in [7, 11) is 0. The summed E-state index contributed by atoms with van der Waals surface area (Å²) in [5, 5.41) is 12.9. The lowest BCUT2D eigenvalue weighted by Gasteiger charge is -2.06. The zero-order valence-electron chi connectivity index (χ0n) is 15.2. The number of nitrogen functional groups attached to an aromatic ring is 1. The number of rotatable bonds is 8. The van der Waals surface area contributed by atoms with E-state index in [9.17, 15) is 4.79 Å². The van der Waals surface area contributed by atoms with E-state index in [4.69, 9.17) is 5.84 Å². The minimum Gasteiger partial charge on any atom is -0.334 e. The van der Waals surface area contributed by atoms with Crippen molar-refractivity contribution in [1.29, 1.82) is 0 Å². The van der Waals surface area contributed by atoms with Crippen LogP contribution in [0.25, 0.3) is 0 Å². The third-order valence-electron chi connectivity index (χ3n) is 3.90. The zero-order valence-corrected chi connectivity index (χ0v) is 17.6. The average molecular weight is 459 g/mol. The lowest BCUT2D eigenvalue weighted by molar-refractivity contribution is 0.102. The highest BCUT2D eigenvalue weighted by atomic mass is 79.9. The lowest BCUT2D eigenvalue weighted by atomic mass is 10.1. The van der Waals surface area contributed by atoms with Crippen LogP contribution in [0.15, 0.2) is 69.3 Å². The predicted molar refractivity (Wildman–Crippen MR) is 116 cm³/mol. The van der Waals surface area contributed by atoms with Crippen LogP contribution in [0.3, 0.4) is 0 Å². The molecule has 0 spiro atoms. The van der Waals surface area contributed by atoms with Gasteiger partial charge < -0.3 is 5.84 Å². The number of nitrogens with zero attached hydrogens (tertiary/aromatic N) is 4. The summed E-state index contributed by atoms with van der Waals surface area (Å²) in [6.45, 7) is 2.02. The first-order valence-corrected chi connectivity index (χ1v) is 10.4. The molecule has 0 unspecified atom stereocenters. The highest BCUT2D eigenvalue weighted by Gasteiger charge is 2.13. The van der Waals surface area contributed by atoms with Crippen LogP contribution in [0, 0.1) is 0 Å². The third-order valence-corrected chi connectivity index (χ3v) is 5.37. The molecule has 3 N–H and O–H groups in total. The van der Waals surface area contributed by atoms with E-state index < -0.39 is 0 Å². The largest absolute Gasteiger partial charge is 0.334 e. The number of nitrogens with one attached hydrogen (secondary N) is 1. The Labute approximate surface area is 175 Å². The van der Waals surface area contributed by atoms with Gasteiger partial charge in [0.2, 0.25) is 5.16 Å². The Morgan fingerprint density at radius 1 is 1.14 bits per heavy atom. The number of benzene rings is 2. The molecule has 3 aromatic rings. The van der Waals surface area contributed by atoms with Crippen molar-refractivity contribution in [3.05, 3.63) is 70.2 Å². The molecule has 0 aliphatic rings. The predicted octanol–water partition coefficient (Wildman–Crippen LogP) is 3.96. The van der Waals surface area contributed by atoms with Crippen molar-refractivity contribution >= 4 is 45.1 Å². The number of hydrazone groups is 1. The number of hydrogen-bond acceptors (Lipinski definition) is 7. The Kier molecular flexibility index (Phi) is 6.83. The summed E-state index contributed by atoms with van der Waals surface area (Å²) < 4.78 is 2.22. The van der Waals surface area contributed by atoms with Crippen LogP contribution in [-0.2, 0) is 0 Å². The second-order valence-corrected chi connectivity index (χ2v) is 7.64. The number of carbonyl (C=O) groups is 1. The number of hydrogen-bond donors (Lipinski definition) is 2. The number of anilines is 1. The Hall–Kier alpha value is -2.65. The van der Waals surface area contributed by atoms with E-state index in [-0.39, 0.29) is 11.5 Å². The van der Waals surface area contributed by atoms with Crippen LogP contribution in [0.5, 0.6) is 0 Å². The number of aromatic nitrogens is 3. The van der Waals surface area contributed by atoms with Gasteiger partial charge in [0.05, 0.1) is 11.5 Å². The highest BCUT2D eigenvalue weighted by Crippen LogP contribution is 2.19. The number of halogens is 1. The first kappa shape index (κ1) is 20.1. The number of Topliss-reactive ketones (excluding diaryl/α,β-unsaturated/α-hetero) is 1. The van der Waals surface area contributed by atoms with E-state index in [2.05, 4.69) is 36.7 Å². The van der Waals surface area contributed by atoms with Gasteiger partial charge in [-0.2, -0.15) is 5.10 Å². The van der Waals surface area contributed by atoms with Gasteiger partial charge in [-0.05, 0) is 24.1 Å². The molecule has 0 aliphatic heterocycles. The molecule has 28 heavy (non-hydrogen) atoms. The third kappa shape index (κ3) is 4.99. The van der Waals surface area contributed by atoms with E-state index in [1.54, 1.807) is 12.1 Å². The molecule has 0 aliphatic carbocycles. The fourth-order valence-electron chi connectivity index (χ4n) is 2.40. The molecule has 1 heterocycles. The van der Waals surface area contributed by atoms with Crippen LogP contribution >= 0.6 is 27.7 Å². The maximum absolute atomic E-state index is 12.3. The second kappa shape index (κ2) is 9.52. The fraction of sp³-hybridized carbons (Fsp3) is 0.158. The maximum atomic E-state index is 12.3. The molecule has 144 valence electrons. The number of nitrogens with two attached hydrogens (primary N) is 1. The van der Waals surface area contributed by atoms with E-state index >= 15 is 0 Å². The minimum absolute atomic E-state index is 0.00891. The van der Waals surface area contributed by atoms with Crippen LogP contribution < -0.4 is 11.3 Å². The molecule has 2 aromatic carbocycles. The van der Waals surface area contributed by atoms with Crippen molar-refractivity contribution in [3.63, 3.8) is 0 Å². The van der Waals surface area contributed by atoms with Crippen LogP contribution in [0.4, 0.5) is 5.95 Å². The molecule has 1 aromatic heterocycles. The van der Waals surface area contributed by atoms with Crippen molar-refractivity contribution in [2.45, 2.75) is 18.5 Å². The molecule has 9 heteroatoms. The van der Waals surface area contributed by atoms with Crippen molar-refractivity contribution in [2.75, 3.05) is 17.0 Å². The molecule has 0 fully saturated rings. The van der Waals surface area contributed by atoms with Gasteiger partial charge in [-0.25, -0.2) is 10.1 Å². The van der Waals surface area contributed by atoms with E-state index in [1.807, 2.05) is 49.4 Å². The Bertz CT molecular complexity index is 972. The Balaban J connectivity index is 1.64. The smallest absolute Gasteiger partial charge is 0.264 e. The standard InChI is InChI=1S/C19H19BrN6OS/c1-2-16(13-6-4-3-5-7-13)22-23-18-24-25-19(26(18)21)28-12-17(27)14-8-10-15(20)11-9-14/h3-11H,2,12,21H2,1H3,(H,23,24)/b22-16-. The zero-order chi connectivity index (χ0) is 19.9. The molecule has 0 bridgehead atoms. The Morgan fingerprint density at radius 2 is 1.86 bits per heavy atom. The summed E-state index contributed by atoms with van der Waals surface area (Å²) in [6, 6.07) is 17.1.